The van der Waals surface area contributed by atoms with E-state index in [-0.39, 0.29) is 29.1 Å². The minimum Gasteiger partial charge on any atom is -0.493 e. The molecule has 0 unspecified atom stereocenters. The van der Waals surface area contributed by atoms with Crippen molar-refractivity contribution in [2.75, 3.05) is 25.1 Å². The second kappa shape index (κ2) is 14.4. The van der Waals surface area contributed by atoms with Gasteiger partial charge in [-0.15, -0.1) is 0 Å². The minimum atomic E-state index is -4.24. The van der Waals surface area contributed by atoms with E-state index in [1.54, 1.807) is 37.3 Å². The monoisotopic (exact) mass is 645 g/mol. The van der Waals surface area contributed by atoms with E-state index >= 15 is 0 Å². The number of nitrogens with zero attached hydrogens (tertiary/aromatic N) is 2. The molecule has 0 aliphatic rings. The third-order valence-electron chi connectivity index (χ3n) is 6.70. The van der Waals surface area contributed by atoms with Crippen molar-refractivity contribution in [2.24, 2.45) is 0 Å². The number of methoxy groups -OCH3 is 2. The Kier molecular flexibility index (Phi) is 11.2. The number of rotatable bonds is 13. The Bertz CT molecular complexity index is 1430. The summed E-state index contributed by atoms with van der Waals surface area (Å²) in [4.78, 5) is 28.5. The topological polar surface area (TPSA) is 105 Å². The van der Waals surface area contributed by atoms with Crippen LogP contribution in [0.4, 0.5) is 5.69 Å². The van der Waals surface area contributed by atoms with Crippen molar-refractivity contribution in [2.45, 2.75) is 50.7 Å². The van der Waals surface area contributed by atoms with Crippen LogP contribution >= 0.6 is 15.9 Å². The van der Waals surface area contributed by atoms with Crippen molar-refractivity contribution >= 4 is 43.5 Å². The summed E-state index contributed by atoms with van der Waals surface area (Å²) in [5.74, 6) is -0.248. The highest BCUT2D eigenvalue weighted by Crippen LogP contribution is 2.32. The van der Waals surface area contributed by atoms with E-state index in [0.717, 1.165) is 20.8 Å². The molecule has 0 bridgehead atoms. The minimum absolute atomic E-state index is 0.0752. The van der Waals surface area contributed by atoms with Crippen LogP contribution in [0.1, 0.15) is 32.8 Å². The Hall–Kier alpha value is -3.57. The highest BCUT2D eigenvalue weighted by molar-refractivity contribution is 9.10. The lowest BCUT2D eigenvalue weighted by Gasteiger charge is -2.32. The van der Waals surface area contributed by atoms with Crippen molar-refractivity contribution in [1.29, 1.82) is 0 Å². The standard InChI is InChI=1S/C30H36BrN3O6S/c1-6-21(2)32-30(36)22(3)33(19-23-12-14-24(31)15-13-23)29(35)20-34(25-10-8-7-9-11-25)41(37,38)26-16-17-27(39-4)28(18-26)40-5/h7-18,21-22H,6,19-20H2,1-5H3,(H,32,36)/t21-,22-/m0/s1. The quantitative estimate of drug-likeness (QED) is 0.281. The average molecular weight is 647 g/mol. The Morgan fingerprint density at radius 3 is 2.15 bits per heavy atom. The summed E-state index contributed by atoms with van der Waals surface area (Å²) in [6.45, 7) is 5.07. The second-order valence-corrected chi connectivity index (χ2v) is 12.3. The molecule has 0 spiro atoms. The molecule has 1 N–H and O–H groups in total. The summed E-state index contributed by atoms with van der Waals surface area (Å²) in [6.07, 6.45) is 0.727. The molecule has 3 rings (SSSR count). The number of hydrogen-bond acceptors (Lipinski definition) is 6. The molecular formula is C30H36BrN3O6S. The number of anilines is 1. The van der Waals surface area contributed by atoms with Gasteiger partial charge in [0.05, 0.1) is 24.8 Å². The summed E-state index contributed by atoms with van der Waals surface area (Å²) in [5, 5.41) is 2.93. The lowest BCUT2D eigenvalue weighted by Crippen LogP contribution is -2.52. The molecule has 0 aromatic heterocycles. The molecule has 9 nitrogen and oxygen atoms in total. The number of carbonyl (C=O) groups is 2. The fraction of sp³-hybridized carbons (Fsp3) is 0.333. The zero-order chi connectivity index (χ0) is 30.2. The molecule has 3 aromatic rings. The largest absolute Gasteiger partial charge is 0.493 e. The van der Waals surface area contributed by atoms with Crippen molar-refractivity contribution in [3.8, 4) is 11.5 Å². The van der Waals surface area contributed by atoms with Crippen LogP contribution in [0, 0.1) is 0 Å². The number of halogens is 1. The summed E-state index contributed by atoms with van der Waals surface area (Å²) in [5.41, 5.74) is 1.09. The van der Waals surface area contributed by atoms with Crippen molar-refractivity contribution in [3.05, 3.63) is 82.8 Å². The zero-order valence-electron chi connectivity index (χ0n) is 23.8. The van der Waals surface area contributed by atoms with E-state index in [1.165, 1.54) is 37.3 Å². The maximum atomic E-state index is 14.0. The molecule has 220 valence electrons. The maximum Gasteiger partial charge on any atom is 0.264 e. The predicted octanol–water partition coefficient (Wildman–Crippen LogP) is 4.99. The molecule has 0 saturated heterocycles. The first-order valence-corrected chi connectivity index (χ1v) is 15.4. The second-order valence-electron chi connectivity index (χ2n) is 9.51. The molecular weight excluding hydrogens is 610 g/mol. The molecule has 2 atom stereocenters. The van der Waals surface area contributed by atoms with E-state index in [9.17, 15) is 18.0 Å². The van der Waals surface area contributed by atoms with Crippen LogP contribution in [0.2, 0.25) is 0 Å². The Balaban J connectivity index is 2.03. The van der Waals surface area contributed by atoms with Crippen LogP contribution in [0.3, 0.4) is 0 Å². The summed E-state index contributed by atoms with van der Waals surface area (Å²) in [6, 6.07) is 19.1. The molecule has 3 aromatic carbocycles. The average Bonchev–Trinajstić information content (AvgIpc) is 2.98. The SMILES string of the molecule is CC[C@H](C)NC(=O)[C@H](C)N(Cc1ccc(Br)cc1)C(=O)CN(c1ccccc1)S(=O)(=O)c1ccc(OC)c(OC)c1. The number of amides is 2. The highest BCUT2D eigenvalue weighted by Gasteiger charge is 2.33. The zero-order valence-corrected chi connectivity index (χ0v) is 26.2. The van der Waals surface area contributed by atoms with Crippen LogP contribution in [0.15, 0.2) is 82.2 Å². The molecule has 0 aliphatic carbocycles. The number of carbonyl (C=O) groups excluding carboxylic acids is 2. The molecule has 0 saturated carbocycles. The molecule has 0 aliphatic heterocycles. The number of nitrogens with one attached hydrogen (secondary N) is 1. The first-order valence-electron chi connectivity index (χ1n) is 13.2. The molecule has 11 heteroatoms. The van der Waals surface area contributed by atoms with Gasteiger partial charge in [0.25, 0.3) is 10.0 Å². The van der Waals surface area contributed by atoms with Crippen LogP contribution < -0.4 is 19.1 Å². The summed E-state index contributed by atoms with van der Waals surface area (Å²) in [7, 11) is -1.37. The Morgan fingerprint density at radius 1 is 0.927 bits per heavy atom. The number of hydrogen-bond donors (Lipinski definition) is 1. The smallest absolute Gasteiger partial charge is 0.264 e. The van der Waals surface area contributed by atoms with Crippen LogP contribution in [-0.2, 0) is 26.2 Å². The molecule has 0 heterocycles. The van der Waals surface area contributed by atoms with Gasteiger partial charge < -0.3 is 19.7 Å². The van der Waals surface area contributed by atoms with Gasteiger partial charge in [-0.25, -0.2) is 8.42 Å². The van der Waals surface area contributed by atoms with Gasteiger partial charge in [-0.3, -0.25) is 13.9 Å². The van der Waals surface area contributed by atoms with Gasteiger partial charge in [0.1, 0.15) is 12.6 Å². The van der Waals surface area contributed by atoms with Gasteiger partial charge in [0, 0.05) is 23.1 Å². The third-order valence-corrected chi connectivity index (χ3v) is 9.00. The molecule has 0 radical (unpaired) electrons. The fourth-order valence-corrected chi connectivity index (χ4v) is 5.76. The van der Waals surface area contributed by atoms with Crippen LogP contribution in [-0.4, -0.2) is 58.0 Å². The first kappa shape index (κ1) is 32.0. The van der Waals surface area contributed by atoms with E-state index < -0.39 is 28.5 Å². The van der Waals surface area contributed by atoms with Gasteiger partial charge in [0.2, 0.25) is 11.8 Å². The van der Waals surface area contributed by atoms with E-state index in [1.807, 2.05) is 38.1 Å². The fourth-order valence-electron chi connectivity index (χ4n) is 4.06. The number of sulfonamides is 1. The third kappa shape index (κ3) is 8.01. The van der Waals surface area contributed by atoms with Crippen molar-refractivity contribution < 1.29 is 27.5 Å². The van der Waals surface area contributed by atoms with Crippen molar-refractivity contribution in [3.63, 3.8) is 0 Å². The van der Waals surface area contributed by atoms with Gasteiger partial charge in [-0.05, 0) is 62.2 Å². The molecule has 41 heavy (non-hydrogen) atoms. The van der Waals surface area contributed by atoms with Gasteiger partial charge in [-0.2, -0.15) is 0 Å². The Labute approximate surface area is 250 Å². The van der Waals surface area contributed by atoms with Gasteiger partial charge in [-0.1, -0.05) is 53.2 Å². The number of para-hydroxylation sites is 1. The normalized spacial score (nSPS) is 12.6. The van der Waals surface area contributed by atoms with E-state index in [4.69, 9.17) is 9.47 Å². The first-order chi connectivity index (χ1) is 19.5. The lowest BCUT2D eigenvalue weighted by atomic mass is 10.1. The van der Waals surface area contributed by atoms with E-state index in [2.05, 4.69) is 21.2 Å². The highest BCUT2D eigenvalue weighted by atomic mass is 79.9. The van der Waals surface area contributed by atoms with Crippen molar-refractivity contribution in [1.82, 2.24) is 10.2 Å². The lowest BCUT2D eigenvalue weighted by molar-refractivity contribution is -0.139. The Morgan fingerprint density at radius 2 is 1.56 bits per heavy atom. The van der Waals surface area contributed by atoms with Gasteiger partial charge in [0.15, 0.2) is 11.5 Å². The molecule has 2 amide bonds. The van der Waals surface area contributed by atoms with Crippen LogP contribution in [0.5, 0.6) is 11.5 Å². The number of ether oxygens (including phenoxy) is 2. The van der Waals surface area contributed by atoms with Crippen LogP contribution in [0.25, 0.3) is 0 Å². The summed E-state index contributed by atoms with van der Waals surface area (Å²) < 4.78 is 40.5. The maximum absolute atomic E-state index is 14.0. The predicted molar refractivity (Wildman–Crippen MR) is 163 cm³/mol. The van der Waals surface area contributed by atoms with Gasteiger partial charge >= 0.3 is 0 Å². The molecule has 0 fully saturated rings. The summed E-state index contributed by atoms with van der Waals surface area (Å²) >= 11 is 3.41. The van der Waals surface area contributed by atoms with E-state index in [0.29, 0.717) is 11.4 Å². The number of benzene rings is 3.